The topological polar surface area (TPSA) is 43.4 Å². The van der Waals surface area contributed by atoms with E-state index < -0.39 is 4.87 Å². The van der Waals surface area contributed by atoms with Crippen LogP contribution in [0.4, 0.5) is 0 Å². The van der Waals surface area contributed by atoms with Crippen LogP contribution in [0.15, 0.2) is 0 Å². The van der Waals surface area contributed by atoms with E-state index in [-0.39, 0.29) is 34.2 Å². The third-order valence-electron chi connectivity index (χ3n) is 9.80. The first-order valence-electron chi connectivity index (χ1n) is 11.4. The lowest BCUT2D eigenvalue weighted by atomic mass is 9.44. The third-order valence-corrected chi connectivity index (χ3v) is 11.3. The quantitative estimate of drug-likeness (QED) is 0.389. The molecule has 0 unspecified atom stereocenters. The number of rotatable bonds is 2. The van der Waals surface area contributed by atoms with Gasteiger partial charge in [-0.05, 0) is 80.0 Å². The lowest BCUT2D eigenvalue weighted by Gasteiger charge is -2.65. The number of ketones is 1. The van der Waals surface area contributed by atoms with Crippen molar-refractivity contribution in [2.75, 3.05) is 0 Å². The van der Waals surface area contributed by atoms with Crippen molar-refractivity contribution in [3.05, 3.63) is 0 Å². The van der Waals surface area contributed by atoms with E-state index in [1.54, 1.807) is 6.92 Å². The molecule has 0 spiro atoms. The van der Waals surface area contributed by atoms with Gasteiger partial charge in [0.15, 0.2) is 0 Å². The number of hydrogen-bond donors (Lipinski definition) is 0. The highest BCUT2D eigenvalue weighted by Crippen LogP contribution is 2.71. The summed E-state index contributed by atoms with van der Waals surface area (Å²) in [6.07, 6.45) is 6.62. The van der Waals surface area contributed by atoms with Crippen LogP contribution in [-0.2, 0) is 14.3 Å². The number of halogens is 2. The van der Waals surface area contributed by atoms with Crippen molar-refractivity contribution in [1.29, 1.82) is 0 Å². The van der Waals surface area contributed by atoms with E-state index in [1.807, 2.05) is 0 Å². The summed E-state index contributed by atoms with van der Waals surface area (Å²) in [7, 11) is 0. The Morgan fingerprint density at radius 2 is 1.72 bits per heavy atom. The van der Waals surface area contributed by atoms with E-state index >= 15 is 0 Å². The highest BCUT2D eigenvalue weighted by atomic mass is 35.5. The number of fused-ring (bicyclic) bond motifs is 5. The van der Waals surface area contributed by atoms with Gasteiger partial charge in [-0.3, -0.25) is 9.59 Å². The molecule has 0 aliphatic heterocycles. The first-order chi connectivity index (χ1) is 13.4. The highest BCUT2D eigenvalue weighted by molar-refractivity contribution is 6.33. The van der Waals surface area contributed by atoms with Gasteiger partial charge >= 0.3 is 5.97 Å². The number of Topliss-reactive ketones (excluding diaryl/α,β-unsaturated/α-hetero) is 1. The molecule has 3 nitrogen and oxygen atoms in total. The fourth-order valence-corrected chi connectivity index (χ4v) is 9.75. The number of carbonyl (C=O) groups is 2. The molecule has 0 bridgehead atoms. The molecule has 29 heavy (non-hydrogen) atoms. The molecule has 0 heterocycles. The van der Waals surface area contributed by atoms with Crippen LogP contribution in [-0.4, -0.2) is 28.1 Å². The molecule has 4 rings (SSSR count). The summed E-state index contributed by atoms with van der Waals surface area (Å²) in [6, 6.07) is 0. The average Bonchev–Trinajstić information content (AvgIpc) is 2.87. The molecular weight excluding hydrogens is 407 g/mol. The largest absolute Gasteiger partial charge is 0.462 e. The van der Waals surface area contributed by atoms with E-state index in [1.165, 1.54) is 6.92 Å². The number of carbonyl (C=O) groups excluding carboxylic acids is 2. The SMILES string of the molecule is CC(=O)O[C@@H]1CC[C@]2(C)[C@@H]3CC[C@@]4(C)[C@H](C[C@@H](C)[C@H]4C(C)=O)[C@@H]3C[C@H](Cl)[C@@]2(Cl)C1. The van der Waals surface area contributed by atoms with E-state index in [9.17, 15) is 9.59 Å². The molecule has 0 aromatic rings. The van der Waals surface area contributed by atoms with Crippen LogP contribution in [0.1, 0.15) is 79.6 Å². The van der Waals surface area contributed by atoms with Crippen LogP contribution < -0.4 is 0 Å². The van der Waals surface area contributed by atoms with Gasteiger partial charge in [0, 0.05) is 19.3 Å². The molecule has 4 fully saturated rings. The molecule has 4 saturated carbocycles. The van der Waals surface area contributed by atoms with Crippen LogP contribution >= 0.6 is 23.2 Å². The smallest absolute Gasteiger partial charge is 0.302 e. The Morgan fingerprint density at radius 3 is 2.34 bits per heavy atom. The van der Waals surface area contributed by atoms with Crippen molar-refractivity contribution in [1.82, 2.24) is 0 Å². The Morgan fingerprint density at radius 1 is 1.03 bits per heavy atom. The monoisotopic (exact) mass is 442 g/mol. The Kier molecular flexibility index (Phi) is 5.39. The molecule has 5 heteroatoms. The summed E-state index contributed by atoms with van der Waals surface area (Å²) in [5.74, 6) is 2.37. The van der Waals surface area contributed by atoms with E-state index in [4.69, 9.17) is 27.9 Å². The molecular formula is C24H36Cl2O3. The van der Waals surface area contributed by atoms with Gasteiger partial charge < -0.3 is 4.74 Å². The maximum absolute atomic E-state index is 12.5. The summed E-state index contributed by atoms with van der Waals surface area (Å²) in [6.45, 7) is 10.2. The Hall–Kier alpha value is -0.280. The highest BCUT2D eigenvalue weighted by Gasteiger charge is 2.68. The number of hydrogen-bond acceptors (Lipinski definition) is 3. The summed E-state index contributed by atoms with van der Waals surface area (Å²) in [5.41, 5.74) is 0.0417. The molecule has 10 atom stereocenters. The van der Waals surface area contributed by atoms with E-state index in [0.29, 0.717) is 35.9 Å². The molecule has 4 aliphatic carbocycles. The zero-order valence-corrected chi connectivity index (χ0v) is 20.0. The van der Waals surface area contributed by atoms with Crippen molar-refractivity contribution >= 4 is 35.0 Å². The fraction of sp³-hybridized carbons (Fsp3) is 0.917. The molecule has 0 amide bonds. The maximum atomic E-state index is 12.5. The Bertz CT molecular complexity index is 710. The number of alkyl halides is 2. The van der Waals surface area contributed by atoms with Gasteiger partial charge in [0.25, 0.3) is 0 Å². The van der Waals surface area contributed by atoms with E-state index in [2.05, 4.69) is 20.8 Å². The van der Waals surface area contributed by atoms with Crippen LogP contribution in [0, 0.1) is 40.4 Å². The number of esters is 1. The predicted molar refractivity (Wildman–Crippen MR) is 116 cm³/mol. The third kappa shape index (κ3) is 3.04. The number of ether oxygens (including phenoxy) is 1. The lowest BCUT2D eigenvalue weighted by molar-refractivity contribution is -0.157. The second-order valence-electron chi connectivity index (χ2n) is 11.2. The van der Waals surface area contributed by atoms with Gasteiger partial charge in [0.05, 0.1) is 10.3 Å². The molecule has 0 radical (unpaired) electrons. The summed E-state index contributed by atoms with van der Waals surface area (Å²) in [5, 5.41) is -0.136. The average molecular weight is 443 g/mol. The van der Waals surface area contributed by atoms with Crippen LogP contribution in [0.25, 0.3) is 0 Å². The first-order valence-corrected chi connectivity index (χ1v) is 12.3. The van der Waals surface area contributed by atoms with Gasteiger partial charge in [-0.25, -0.2) is 0 Å². The minimum atomic E-state index is -0.536. The lowest BCUT2D eigenvalue weighted by Crippen LogP contribution is -2.65. The predicted octanol–water partition coefficient (Wildman–Crippen LogP) is 5.99. The van der Waals surface area contributed by atoms with Gasteiger partial charge in [-0.2, -0.15) is 0 Å². The summed E-state index contributed by atoms with van der Waals surface area (Å²) in [4.78, 5) is 23.5. The Balaban J connectivity index is 1.65. The molecule has 0 N–H and O–H groups in total. The van der Waals surface area contributed by atoms with Gasteiger partial charge in [-0.15, -0.1) is 23.2 Å². The Labute approximate surface area is 185 Å². The molecule has 0 aromatic carbocycles. The summed E-state index contributed by atoms with van der Waals surface area (Å²) >= 11 is 14.4. The maximum Gasteiger partial charge on any atom is 0.302 e. The molecule has 164 valence electrons. The van der Waals surface area contributed by atoms with E-state index in [0.717, 1.165) is 38.5 Å². The summed E-state index contributed by atoms with van der Waals surface area (Å²) < 4.78 is 5.56. The zero-order valence-electron chi connectivity index (χ0n) is 18.5. The molecule has 0 aromatic heterocycles. The van der Waals surface area contributed by atoms with Crippen LogP contribution in [0.3, 0.4) is 0 Å². The second-order valence-corrected chi connectivity index (χ2v) is 12.4. The second kappa shape index (κ2) is 7.12. The normalized spacial score (nSPS) is 54.1. The van der Waals surface area contributed by atoms with Crippen molar-refractivity contribution in [2.24, 2.45) is 40.4 Å². The molecule has 0 saturated heterocycles. The zero-order chi connectivity index (χ0) is 21.4. The van der Waals surface area contributed by atoms with Crippen LogP contribution in [0.5, 0.6) is 0 Å². The van der Waals surface area contributed by atoms with Gasteiger partial charge in [0.1, 0.15) is 11.9 Å². The van der Waals surface area contributed by atoms with Crippen molar-refractivity contribution in [3.63, 3.8) is 0 Å². The minimum absolute atomic E-state index is 0.0561. The van der Waals surface area contributed by atoms with Crippen molar-refractivity contribution in [2.45, 2.75) is 95.9 Å². The minimum Gasteiger partial charge on any atom is -0.462 e. The molecule has 4 aliphatic rings. The fourth-order valence-electron chi connectivity index (χ4n) is 8.71. The van der Waals surface area contributed by atoms with Crippen molar-refractivity contribution in [3.8, 4) is 0 Å². The standard InChI is InChI=1S/C24H36Cl2O3/c1-13-10-19-17-11-20(25)24(26)12-16(29-15(3)28)6-9-23(24,5)18(17)7-8-22(19,4)21(13)14(2)27/h13,16-21H,6-12H2,1-5H3/t13-,16-,17-,18-,19-,20+,21+,22+,23-,24+/m1/s1. The van der Waals surface area contributed by atoms with Crippen LogP contribution in [0.2, 0.25) is 0 Å². The van der Waals surface area contributed by atoms with Crippen molar-refractivity contribution < 1.29 is 14.3 Å². The van der Waals surface area contributed by atoms with Gasteiger partial charge in [-0.1, -0.05) is 20.8 Å². The first kappa shape index (κ1) is 21.9. The van der Waals surface area contributed by atoms with Gasteiger partial charge in [0.2, 0.25) is 0 Å².